The van der Waals surface area contributed by atoms with Crippen molar-refractivity contribution in [2.75, 3.05) is 26.2 Å². The van der Waals surface area contributed by atoms with Gasteiger partial charge >= 0.3 is 0 Å². The molecule has 4 rings (SSSR count). The molecule has 2 aromatic heterocycles. The first kappa shape index (κ1) is 17.0. The lowest BCUT2D eigenvalue weighted by atomic mass is 10.1. The molecule has 0 unspecified atom stereocenters. The van der Waals surface area contributed by atoms with Crippen LogP contribution in [0.25, 0.3) is 11.0 Å². The van der Waals surface area contributed by atoms with Gasteiger partial charge in [-0.2, -0.15) is 5.10 Å². The predicted molar refractivity (Wildman–Crippen MR) is 98.0 cm³/mol. The zero-order chi connectivity index (χ0) is 18.4. The number of carbonyl (C=O) groups is 2. The maximum Gasteiger partial charge on any atom is 0.254 e. The average Bonchev–Trinajstić information content (AvgIpc) is 3.43. The van der Waals surface area contributed by atoms with E-state index in [4.69, 9.17) is 4.98 Å². The van der Waals surface area contributed by atoms with E-state index in [1.807, 2.05) is 29.8 Å². The second-order valence-electron chi connectivity index (χ2n) is 7.43. The summed E-state index contributed by atoms with van der Waals surface area (Å²) in [5, 5.41) is 5.34. The summed E-state index contributed by atoms with van der Waals surface area (Å²) in [5.41, 5.74) is 3.33. The average molecular weight is 355 g/mol. The highest BCUT2D eigenvalue weighted by atomic mass is 16.2. The Labute approximate surface area is 153 Å². The molecule has 0 N–H and O–H groups in total. The van der Waals surface area contributed by atoms with Crippen molar-refractivity contribution in [2.45, 2.75) is 39.0 Å². The van der Waals surface area contributed by atoms with E-state index in [1.54, 1.807) is 11.6 Å². The Morgan fingerprint density at radius 3 is 2.50 bits per heavy atom. The van der Waals surface area contributed by atoms with Gasteiger partial charge in [0.2, 0.25) is 5.91 Å². The Kier molecular flexibility index (Phi) is 4.17. The molecule has 138 valence electrons. The number of carbonyl (C=O) groups excluding carboxylic acids is 2. The molecule has 1 saturated heterocycles. The highest BCUT2D eigenvalue weighted by Gasteiger charge is 2.30. The van der Waals surface area contributed by atoms with Crippen molar-refractivity contribution < 1.29 is 9.59 Å². The van der Waals surface area contributed by atoms with Crippen LogP contribution in [0.5, 0.6) is 0 Å². The largest absolute Gasteiger partial charge is 0.341 e. The highest BCUT2D eigenvalue weighted by Crippen LogP contribution is 2.40. The summed E-state index contributed by atoms with van der Waals surface area (Å²) in [4.78, 5) is 33.5. The van der Waals surface area contributed by atoms with E-state index in [1.165, 1.54) is 0 Å². The Morgan fingerprint density at radius 1 is 1.12 bits per heavy atom. The summed E-state index contributed by atoms with van der Waals surface area (Å²) in [7, 11) is 1.88. The molecule has 1 saturated carbocycles. The molecular weight excluding hydrogens is 330 g/mol. The van der Waals surface area contributed by atoms with Crippen molar-refractivity contribution in [2.24, 2.45) is 7.05 Å². The fourth-order valence-corrected chi connectivity index (χ4v) is 3.83. The molecule has 2 aromatic rings. The molecule has 0 atom stereocenters. The van der Waals surface area contributed by atoms with Crippen LogP contribution in [0.3, 0.4) is 0 Å². The first-order valence-electron chi connectivity index (χ1n) is 9.34. The summed E-state index contributed by atoms with van der Waals surface area (Å²) >= 11 is 0. The van der Waals surface area contributed by atoms with Crippen LogP contribution in [0.15, 0.2) is 6.07 Å². The number of aromatic nitrogens is 3. The van der Waals surface area contributed by atoms with Crippen LogP contribution < -0.4 is 0 Å². The van der Waals surface area contributed by atoms with E-state index in [2.05, 4.69) is 5.10 Å². The van der Waals surface area contributed by atoms with E-state index in [0.717, 1.165) is 41.7 Å². The van der Waals surface area contributed by atoms with Crippen LogP contribution in [0.1, 0.15) is 53.8 Å². The molecule has 7 nitrogen and oxygen atoms in total. The first-order chi connectivity index (χ1) is 12.5. The fraction of sp³-hybridized carbons (Fsp3) is 0.579. The van der Waals surface area contributed by atoms with E-state index in [-0.39, 0.29) is 11.8 Å². The van der Waals surface area contributed by atoms with Gasteiger partial charge in [0.1, 0.15) is 0 Å². The van der Waals surface area contributed by atoms with Gasteiger partial charge in [0.15, 0.2) is 5.65 Å². The highest BCUT2D eigenvalue weighted by molar-refractivity contribution is 6.06. The van der Waals surface area contributed by atoms with Crippen LogP contribution in [-0.2, 0) is 11.8 Å². The van der Waals surface area contributed by atoms with Gasteiger partial charge in [-0.05, 0) is 32.3 Å². The third-order valence-corrected chi connectivity index (χ3v) is 5.44. The first-order valence-corrected chi connectivity index (χ1v) is 9.34. The lowest BCUT2D eigenvalue weighted by Crippen LogP contribution is -2.36. The molecular formula is C19H25N5O2. The molecule has 26 heavy (non-hydrogen) atoms. The zero-order valence-electron chi connectivity index (χ0n) is 15.7. The van der Waals surface area contributed by atoms with E-state index in [0.29, 0.717) is 37.7 Å². The SMILES string of the molecule is CC(=O)N1CCCN(C(=O)c2cc(C3CC3)nc3c2c(C)nn3C)CC1. The number of hydrogen-bond donors (Lipinski definition) is 0. The van der Waals surface area contributed by atoms with Gasteiger partial charge in [-0.25, -0.2) is 4.98 Å². The summed E-state index contributed by atoms with van der Waals surface area (Å²) < 4.78 is 1.77. The van der Waals surface area contributed by atoms with Crippen molar-refractivity contribution in [3.63, 3.8) is 0 Å². The van der Waals surface area contributed by atoms with Gasteiger partial charge in [-0.1, -0.05) is 0 Å². The molecule has 2 aliphatic rings. The van der Waals surface area contributed by atoms with Crippen molar-refractivity contribution in [3.05, 3.63) is 23.0 Å². The molecule has 0 radical (unpaired) electrons. The van der Waals surface area contributed by atoms with Crippen LogP contribution >= 0.6 is 0 Å². The number of pyridine rings is 1. The Morgan fingerprint density at radius 2 is 1.81 bits per heavy atom. The maximum atomic E-state index is 13.4. The van der Waals surface area contributed by atoms with Gasteiger partial charge in [0.05, 0.1) is 16.6 Å². The minimum absolute atomic E-state index is 0.0285. The van der Waals surface area contributed by atoms with Crippen LogP contribution in [0.2, 0.25) is 0 Å². The van der Waals surface area contributed by atoms with Gasteiger partial charge in [-0.15, -0.1) is 0 Å². The van der Waals surface area contributed by atoms with E-state index < -0.39 is 0 Å². The summed E-state index contributed by atoms with van der Waals surface area (Å²) in [6.07, 6.45) is 3.08. The maximum absolute atomic E-state index is 13.4. The van der Waals surface area contributed by atoms with E-state index in [9.17, 15) is 9.59 Å². The second-order valence-corrected chi connectivity index (χ2v) is 7.43. The van der Waals surface area contributed by atoms with Crippen LogP contribution in [0.4, 0.5) is 0 Å². The lowest BCUT2D eigenvalue weighted by molar-refractivity contribution is -0.128. The van der Waals surface area contributed by atoms with Gasteiger partial charge in [0.25, 0.3) is 5.91 Å². The van der Waals surface area contributed by atoms with Gasteiger partial charge in [-0.3, -0.25) is 14.3 Å². The summed E-state index contributed by atoms with van der Waals surface area (Å²) in [6.45, 7) is 6.06. The number of rotatable bonds is 2. The molecule has 7 heteroatoms. The number of amides is 2. The number of fused-ring (bicyclic) bond motifs is 1. The third-order valence-electron chi connectivity index (χ3n) is 5.44. The molecule has 0 aromatic carbocycles. The Balaban J connectivity index is 1.71. The van der Waals surface area contributed by atoms with Gasteiger partial charge < -0.3 is 9.80 Å². The van der Waals surface area contributed by atoms with E-state index >= 15 is 0 Å². The Hall–Kier alpha value is -2.44. The molecule has 0 spiro atoms. The minimum Gasteiger partial charge on any atom is -0.341 e. The van der Waals surface area contributed by atoms with Crippen molar-refractivity contribution in [3.8, 4) is 0 Å². The van der Waals surface area contributed by atoms with Gasteiger partial charge in [0, 0.05) is 51.8 Å². The standard InChI is InChI=1S/C19H25N5O2/c1-12-17-15(11-16(14-5-6-14)20-18(17)22(3)21-12)19(26)24-8-4-7-23(9-10-24)13(2)25/h11,14H,4-10H2,1-3H3. The molecule has 0 bridgehead atoms. The zero-order valence-corrected chi connectivity index (χ0v) is 15.7. The topological polar surface area (TPSA) is 71.3 Å². The Bertz CT molecular complexity index is 884. The predicted octanol–water partition coefficient (Wildman–Crippen LogP) is 1.85. The number of aryl methyl sites for hydroxylation is 2. The molecule has 2 amide bonds. The quantitative estimate of drug-likeness (QED) is 0.824. The monoisotopic (exact) mass is 355 g/mol. The van der Waals surface area contributed by atoms with Crippen molar-refractivity contribution >= 4 is 22.8 Å². The molecule has 3 heterocycles. The lowest BCUT2D eigenvalue weighted by Gasteiger charge is -2.22. The molecule has 1 aliphatic carbocycles. The number of nitrogens with zero attached hydrogens (tertiary/aromatic N) is 5. The molecule has 1 aliphatic heterocycles. The minimum atomic E-state index is 0.0285. The fourth-order valence-electron chi connectivity index (χ4n) is 3.83. The van der Waals surface area contributed by atoms with Crippen molar-refractivity contribution in [1.82, 2.24) is 24.6 Å². The summed E-state index contributed by atoms with van der Waals surface area (Å²) in [5.74, 6) is 0.573. The normalized spacial score (nSPS) is 18.3. The van der Waals surface area contributed by atoms with Crippen LogP contribution in [0, 0.1) is 6.92 Å². The molecule has 2 fully saturated rings. The number of hydrogen-bond acceptors (Lipinski definition) is 4. The third kappa shape index (κ3) is 2.95. The smallest absolute Gasteiger partial charge is 0.254 e. The second kappa shape index (κ2) is 6.37. The summed E-state index contributed by atoms with van der Waals surface area (Å²) in [6, 6.07) is 1.98. The van der Waals surface area contributed by atoms with Crippen LogP contribution in [-0.4, -0.2) is 62.6 Å². The van der Waals surface area contributed by atoms with Crippen molar-refractivity contribution in [1.29, 1.82) is 0 Å².